The number of ether oxygens (including phenoxy) is 1. The van der Waals surface area contributed by atoms with E-state index in [1.165, 1.54) is 17.7 Å². The van der Waals surface area contributed by atoms with Crippen molar-refractivity contribution >= 4 is 11.9 Å². The highest BCUT2D eigenvalue weighted by atomic mass is 19.2. The van der Waals surface area contributed by atoms with Crippen LogP contribution >= 0.6 is 0 Å². The van der Waals surface area contributed by atoms with Gasteiger partial charge in [-0.05, 0) is 42.5 Å². The molecule has 0 aromatic heterocycles. The fraction of sp³-hybridized carbons (Fsp3) is 0.409. The van der Waals surface area contributed by atoms with Crippen molar-refractivity contribution in [3.63, 3.8) is 0 Å². The molecule has 0 saturated heterocycles. The van der Waals surface area contributed by atoms with Gasteiger partial charge in [0.1, 0.15) is 5.69 Å². The van der Waals surface area contributed by atoms with Gasteiger partial charge in [0.2, 0.25) is 5.82 Å². The molecule has 2 nitrogen and oxygen atoms in total. The zero-order valence-corrected chi connectivity index (χ0v) is 15.6. The summed E-state index contributed by atoms with van der Waals surface area (Å²) < 4.78 is 33.6. The van der Waals surface area contributed by atoms with Crippen LogP contribution in [0.3, 0.4) is 0 Å². The zero-order valence-electron chi connectivity index (χ0n) is 15.6. The Morgan fingerprint density at radius 2 is 1.62 bits per heavy atom. The van der Waals surface area contributed by atoms with Crippen molar-refractivity contribution in [1.82, 2.24) is 0 Å². The molecule has 0 aliphatic carbocycles. The quantitative estimate of drug-likeness (QED) is 0.345. The van der Waals surface area contributed by atoms with Crippen LogP contribution in [-0.4, -0.2) is 12.8 Å². The molecule has 2 aromatic carbocycles. The summed E-state index contributed by atoms with van der Waals surface area (Å²) in [6.07, 6.45) is 7.79. The maximum atomic E-state index is 14.2. The van der Waals surface area contributed by atoms with E-state index >= 15 is 0 Å². The number of halogens is 2. The van der Waals surface area contributed by atoms with Gasteiger partial charge < -0.3 is 4.74 Å². The molecule has 4 heteroatoms. The number of unbranched alkanes of at least 4 members (excludes halogenated alkanes) is 3. The third kappa shape index (κ3) is 5.94. The molecular formula is C22H27F2NO. The molecule has 0 amide bonds. The Hall–Kier alpha value is -2.23. The van der Waals surface area contributed by atoms with Gasteiger partial charge in [0, 0.05) is 6.21 Å². The van der Waals surface area contributed by atoms with Crippen LogP contribution in [0.4, 0.5) is 14.5 Å². The number of hydrogen-bond acceptors (Lipinski definition) is 2. The van der Waals surface area contributed by atoms with E-state index in [1.54, 1.807) is 6.21 Å². The minimum absolute atomic E-state index is 0.0292. The Labute approximate surface area is 154 Å². The Bertz CT molecular complexity index is 711. The zero-order chi connectivity index (χ0) is 18.8. The summed E-state index contributed by atoms with van der Waals surface area (Å²) in [7, 11) is 0. The molecule has 2 rings (SSSR count). The lowest BCUT2D eigenvalue weighted by Crippen LogP contribution is -2.00. The van der Waals surface area contributed by atoms with Crippen molar-refractivity contribution in [3.8, 4) is 5.75 Å². The maximum absolute atomic E-state index is 14.2. The summed E-state index contributed by atoms with van der Waals surface area (Å²) in [5, 5.41) is 0. The molecule has 0 saturated carbocycles. The van der Waals surface area contributed by atoms with E-state index in [0.717, 1.165) is 44.1 Å². The lowest BCUT2D eigenvalue weighted by Gasteiger charge is -2.08. The fourth-order valence-corrected chi connectivity index (χ4v) is 2.56. The first-order chi connectivity index (χ1) is 12.7. The van der Waals surface area contributed by atoms with Crippen LogP contribution in [0.2, 0.25) is 0 Å². The summed E-state index contributed by atoms with van der Waals surface area (Å²) in [5.74, 6) is -2.02. The first-order valence-corrected chi connectivity index (χ1v) is 9.39. The van der Waals surface area contributed by atoms with Crippen LogP contribution in [-0.2, 0) is 6.42 Å². The minimum atomic E-state index is -0.980. The Morgan fingerprint density at radius 1 is 0.885 bits per heavy atom. The lowest BCUT2D eigenvalue weighted by atomic mass is 10.1. The number of hydrogen-bond donors (Lipinski definition) is 0. The van der Waals surface area contributed by atoms with Gasteiger partial charge in [-0.2, -0.15) is 4.39 Å². The van der Waals surface area contributed by atoms with E-state index in [9.17, 15) is 8.78 Å². The van der Waals surface area contributed by atoms with E-state index in [0.29, 0.717) is 6.61 Å². The topological polar surface area (TPSA) is 21.6 Å². The number of benzene rings is 2. The van der Waals surface area contributed by atoms with E-state index in [-0.39, 0.29) is 11.4 Å². The molecule has 0 unspecified atom stereocenters. The van der Waals surface area contributed by atoms with Crippen molar-refractivity contribution in [2.75, 3.05) is 6.61 Å². The SMILES string of the molecule is CCCCCOc1ccc(/N=C/c2ccc(CCCC)cc2)c(F)c1F. The maximum Gasteiger partial charge on any atom is 0.202 e. The molecule has 0 spiro atoms. The first kappa shape index (κ1) is 20.1. The molecule has 140 valence electrons. The van der Waals surface area contributed by atoms with Gasteiger partial charge in [-0.15, -0.1) is 0 Å². The van der Waals surface area contributed by atoms with Crippen LogP contribution in [0, 0.1) is 11.6 Å². The monoisotopic (exact) mass is 359 g/mol. The van der Waals surface area contributed by atoms with Crippen molar-refractivity contribution in [1.29, 1.82) is 0 Å². The summed E-state index contributed by atoms with van der Waals surface area (Å²) in [4.78, 5) is 4.08. The highest BCUT2D eigenvalue weighted by Gasteiger charge is 2.13. The van der Waals surface area contributed by atoms with Gasteiger partial charge in [0.15, 0.2) is 11.6 Å². The van der Waals surface area contributed by atoms with Crippen LogP contribution in [0.15, 0.2) is 41.4 Å². The van der Waals surface area contributed by atoms with Gasteiger partial charge in [0.05, 0.1) is 6.61 Å². The molecule has 0 N–H and O–H groups in total. The van der Waals surface area contributed by atoms with Crippen molar-refractivity contribution in [3.05, 3.63) is 59.2 Å². The summed E-state index contributed by atoms with van der Waals surface area (Å²) in [6, 6.07) is 10.8. The van der Waals surface area contributed by atoms with Crippen molar-refractivity contribution in [2.24, 2.45) is 4.99 Å². The van der Waals surface area contributed by atoms with Crippen LogP contribution in [0.5, 0.6) is 5.75 Å². The summed E-state index contributed by atoms with van der Waals surface area (Å²) in [6.45, 7) is 4.62. The predicted molar refractivity (Wildman–Crippen MR) is 104 cm³/mol. The molecule has 26 heavy (non-hydrogen) atoms. The third-order valence-electron chi connectivity index (χ3n) is 4.18. The number of aliphatic imine (C=N–C) groups is 1. The molecular weight excluding hydrogens is 332 g/mol. The predicted octanol–water partition coefficient (Wildman–Crippen LogP) is 6.63. The number of nitrogens with zero attached hydrogens (tertiary/aromatic N) is 1. The molecule has 0 aliphatic rings. The molecule has 0 aliphatic heterocycles. The first-order valence-electron chi connectivity index (χ1n) is 9.39. The minimum Gasteiger partial charge on any atom is -0.490 e. The molecule has 2 aromatic rings. The second-order valence-electron chi connectivity index (χ2n) is 6.37. The highest BCUT2D eigenvalue weighted by molar-refractivity contribution is 5.82. The largest absolute Gasteiger partial charge is 0.490 e. The van der Waals surface area contributed by atoms with Crippen molar-refractivity contribution in [2.45, 2.75) is 52.4 Å². The molecule has 0 heterocycles. The molecule has 0 fully saturated rings. The van der Waals surface area contributed by atoms with Gasteiger partial charge in [0.25, 0.3) is 0 Å². The van der Waals surface area contributed by atoms with Crippen LogP contribution in [0.25, 0.3) is 0 Å². The molecule has 0 atom stereocenters. The fourth-order valence-electron chi connectivity index (χ4n) is 2.56. The van der Waals surface area contributed by atoms with E-state index in [1.807, 2.05) is 24.3 Å². The lowest BCUT2D eigenvalue weighted by molar-refractivity contribution is 0.286. The Morgan fingerprint density at radius 3 is 2.31 bits per heavy atom. The highest BCUT2D eigenvalue weighted by Crippen LogP contribution is 2.28. The average molecular weight is 359 g/mol. The van der Waals surface area contributed by atoms with E-state index in [2.05, 4.69) is 18.8 Å². The standard InChI is InChI=1S/C22H27F2NO/c1-3-5-7-15-26-20-14-13-19(21(23)22(20)24)25-16-18-11-9-17(10-12-18)8-6-4-2/h9-14,16H,3-8,15H2,1-2H3/b25-16+. The number of aryl methyl sites for hydroxylation is 1. The third-order valence-corrected chi connectivity index (χ3v) is 4.18. The van der Waals surface area contributed by atoms with Crippen LogP contribution in [0.1, 0.15) is 57.1 Å². The smallest absolute Gasteiger partial charge is 0.202 e. The molecule has 0 radical (unpaired) electrons. The summed E-state index contributed by atoms with van der Waals surface area (Å²) >= 11 is 0. The second-order valence-corrected chi connectivity index (χ2v) is 6.37. The Kier molecular flexibility index (Phi) is 8.26. The van der Waals surface area contributed by atoms with Gasteiger partial charge >= 0.3 is 0 Å². The van der Waals surface area contributed by atoms with E-state index in [4.69, 9.17) is 4.74 Å². The average Bonchev–Trinajstić information content (AvgIpc) is 2.67. The van der Waals surface area contributed by atoms with Crippen LogP contribution < -0.4 is 4.74 Å². The molecule has 0 bridgehead atoms. The summed E-state index contributed by atoms with van der Waals surface area (Å²) in [5.41, 5.74) is 2.09. The Balaban J connectivity index is 2.02. The van der Waals surface area contributed by atoms with Gasteiger partial charge in [-0.1, -0.05) is 57.4 Å². The van der Waals surface area contributed by atoms with Gasteiger partial charge in [-0.25, -0.2) is 4.39 Å². The van der Waals surface area contributed by atoms with E-state index < -0.39 is 11.6 Å². The van der Waals surface area contributed by atoms with Crippen molar-refractivity contribution < 1.29 is 13.5 Å². The second kappa shape index (κ2) is 10.7. The normalized spacial score (nSPS) is 11.2. The van der Waals surface area contributed by atoms with Gasteiger partial charge in [-0.3, -0.25) is 4.99 Å². The number of rotatable bonds is 10.